The Morgan fingerprint density at radius 3 is 2.84 bits per heavy atom. The van der Waals surface area contributed by atoms with Crippen LogP contribution in [0.1, 0.15) is 5.56 Å². The van der Waals surface area contributed by atoms with E-state index in [9.17, 15) is 14.4 Å². The van der Waals surface area contributed by atoms with Gasteiger partial charge in [-0.2, -0.15) is 0 Å². The summed E-state index contributed by atoms with van der Waals surface area (Å²) in [6, 6.07) is 5.12. The van der Waals surface area contributed by atoms with Crippen LogP contribution < -0.4 is 16.7 Å². The fourth-order valence-electron chi connectivity index (χ4n) is 1.80. The quantitative estimate of drug-likeness (QED) is 0.742. The molecule has 0 saturated heterocycles. The number of H-pyrrole nitrogens is 1. The number of carbonyl (C=O) groups is 1. The van der Waals surface area contributed by atoms with Gasteiger partial charge in [0.25, 0.3) is 11.5 Å². The molecule has 2 N–H and O–H groups in total. The summed E-state index contributed by atoms with van der Waals surface area (Å²) in [6.07, 6.45) is 0. The summed E-state index contributed by atoms with van der Waals surface area (Å²) in [5, 5.41) is 0.366. The van der Waals surface area contributed by atoms with Crippen LogP contribution in [0.25, 0.3) is 10.9 Å². The fourth-order valence-corrected chi connectivity index (χ4v) is 1.80. The highest BCUT2D eigenvalue weighted by molar-refractivity contribution is 5.79. The van der Waals surface area contributed by atoms with E-state index in [1.807, 2.05) is 6.92 Å². The van der Waals surface area contributed by atoms with Gasteiger partial charge in [0.1, 0.15) is 6.54 Å². The maximum absolute atomic E-state index is 12.2. The number of fused-ring (bicyclic) bond motifs is 1. The van der Waals surface area contributed by atoms with Crippen LogP contribution in [0.3, 0.4) is 0 Å². The molecule has 1 aromatic carbocycles. The highest BCUT2D eigenvalue weighted by atomic mass is 16.6. The van der Waals surface area contributed by atoms with Gasteiger partial charge in [-0.05, 0) is 19.1 Å². The predicted octanol–water partition coefficient (Wildman–Crippen LogP) is -0.324. The van der Waals surface area contributed by atoms with Gasteiger partial charge >= 0.3 is 5.69 Å². The van der Waals surface area contributed by atoms with Gasteiger partial charge < -0.3 is 4.98 Å². The molecule has 0 saturated carbocycles. The van der Waals surface area contributed by atoms with E-state index >= 15 is 0 Å². The lowest BCUT2D eigenvalue weighted by Gasteiger charge is -2.06. The number of aryl methyl sites for hydroxylation is 1. The van der Waals surface area contributed by atoms with Crippen molar-refractivity contribution >= 4 is 16.8 Å². The van der Waals surface area contributed by atoms with E-state index in [4.69, 9.17) is 0 Å². The molecule has 100 valence electrons. The lowest BCUT2D eigenvalue weighted by molar-refractivity contribution is -0.132. The van der Waals surface area contributed by atoms with Crippen molar-refractivity contribution in [2.45, 2.75) is 13.5 Å². The Kier molecular flexibility index (Phi) is 3.48. The maximum atomic E-state index is 12.2. The van der Waals surface area contributed by atoms with E-state index < -0.39 is 23.7 Å². The number of aromatic nitrogens is 2. The van der Waals surface area contributed by atoms with Crippen molar-refractivity contribution < 1.29 is 9.63 Å². The Labute approximate surface area is 107 Å². The van der Waals surface area contributed by atoms with Gasteiger partial charge in [-0.1, -0.05) is 11.6 Å². The van der Waals surface area contributed by atoms with Crippen molar-refractivity contribution in [1.29, 1.82) is 0 Å². The molecule has 0 bridgehead atoms. The third kappa shape index (κ3) is 2.55. The van der Waals surface area contributed by atoms with Crippen LogP contribution in [-0.2, 0) is 16.2 Å². The first-order valence-corrected chi connectivity index (χ1v) is 5.58. The Morgan fingerprint density at radius 1 is 1.42 bits per heavy atom. The van der Waals surface area contributed by atoms with Crippen LogP contribution in [-0.4, -0.2) is 22.6 Å². The Bertz CT molecular complexity index is 745. The minimum absolute atomic E-state index is 0.366. The van der Waals surface area contributed by atoms with Gasteiger partial charge in [-0.15, -0.1) is 0 Å². The number of rotatable bonds is 3. The second-order valence-corrected chi connectivity index (χ2v) is 4.10. The molecule has 0 atom stereocenters. The van der Waals surface area contributed by atoms with Crippen LogP contribution >= 0.6 is 0 Å². The lowest BCUT2D eigenvalue weighted by atomic mass is 10.2. The monoisotopic (exact) mass is 263 g/mol. The molecule has 0 aliphatic rings. The number of hydrogen-bond acceptors (Lipinski definition) is 4. The summed E-state index contributed by atoms with van der Waals surface area (Å²) in [5.41, 5.74) is 2.26. The molecule has 0 aliphatic carbocycles. The summed E-state index contributed by atoms with van der Waals surface area (Å²) in [5.74, 6) is -0.581. The zero-order valence-corrected chi connectivity index (χ0v) is 10.5. The predicted molar refractivity (Wildman–Crippen MR) is 68.7 cm³/mol. The van der Waals surface area contributed by atoms with Gasteiger partial charge in [-0.25, -0.2) is 10.3 Å². The van der Waals surface area contributed by atoms with Crippen molar-refractivity contribution in [2.24, 2.45) is 0 Å². The molecule has 0 radical (unpaired) electrons. The van der Waals surface area contributed by atoms with Gasteiger partial charge in [0.15, 0.2) is 0 Å². The van der Waals surface area contributed by atoms with Crippen molar-refractivity contribution in [2.75, 3.05) is 7.11 Å². The minimum Gasteiger partial charge on any atom is -0.307 e. The second-order valence-electron chi connectivity index (χ2n) is 4.10. The van der Waals surface area contributed by atoms with Crippen molar-refractivity contribution in [3.63, 3.8) is 0 Å². The molecule has 7 heteroatoms. The molecule has 1 aromatic heterocycles. The van der Waals surface area contributed by atoms with E-state index in [0.717, 1.165) is 10.1 Å². The smallest absolute Gasteiger partial charge is 0.307 e. The third-order valence-corrected chi connectivity index (χ3v) is 2.66. The van der Waals surface area contributed by atoms with Crippen molar-refractivity contribution in [1.82, 2.24) is 15.0 Å². The summed E-state index contributed by atoms with van der Waals surface area (Å²) in [6.45, 7) is 1.44. The van der Waals surface area contributed by atoms with Crippen molar-refractivity contribution in [3.8, 4) is 0 Å². The topological polar surface area (TPSA) is 93.2 Å². The maximum Gasteiger partial charge on any atom is 0.329 e. The molecule has 2 aromatic rings. The molecule has 1 amide bonds. The highest BCUT2D eigenvalue weighted by Gasteiger charge is 2.11. The SMILES string of the molecule is CONC(=O)Cn1c(=O)[nH]c2ccc(C)cc2c1=O. The molecule has 0 aliphatic heterocycles. The van der Waals surface area contributed by atoms with Crippen LogP contribution in [0, 0.1) is 6.92 Å². The highest BCUT2D eigenvalue weighted by Crippen LogP contribution is 2.07. The van der Waals surface area contributed by atoms with Crippen LogP contribution in [0.4, 0.5) is 0 Å². The van der Waals surface area contributed by atoms with Crippen LogP contribution in [0.2, 0.25) is 0 Å². The zero-order valence-electron chi connectivity index (χ0n) is 10.5. The molecule has 0 fully saturated rings. The largest absolute Gasteiger partial charge is 0.329 e. The summed E-state index contributed by atoms with van der Waals surface area (Å²) >= 11 is 0. The number of nitrogens with one attached hydrogen (secondary N) is 2. The number of amides is 1. The lowest BCUT2D eigenvalue weighted by Crippen LogP contribution is -2.40. The number of nitrogens with zero attached hydrogens (tertiary/aromatic N) is 1. The van der Waals surface area contributed by atoms with E-state index in [1.165, 1.54) is 7.11 Å². The molecular formula is C12H13N3O4. The Hall–Kier alpha value is -2.41. The van der Waals surface area contributed by atoms with E-state index in [-0.39, 0.29) is 0 Å². The summed E-state index contributed by atoms with van der Waals surface area (Å²) < 4.78 is 0.829. The first-order valence-electron chi connectivity index (χ1n) is 5.58. The number of benzene rings is 1. The molecule has 1 heterocycles. The molecule has 0 unspecified atom stereocenters. The molecule has 2 rings (SSSR count). The van der Waals surface area contributed by atoms with Gasteiger partial charge in [0.05, 0.1) is 18.0 Å². The number of hydrogen-bond donors (Lipinski definition) is 2. The Morgan fingerprint density at radius 2 is 2.16 bits per heavy atom. The molecule has 19 heavy (non-hydrogen) atoms. The van der Waals surface area contributed by atoms with Crippen molar-refractivity contribution in [3.05, 3.63) is 44.6 Å². The third-order valence-electron chi connectivity index (χ3n) is 2.66. The number of hydroxylamine groups is 1. The number of carbonyl (C=O) groups excluding carboxylic acids is 1. The van der Waals surface area contributed by atoms with E-state index in [0.29, 0.717) is 10.9 Å². The normalized spacial score (nSPS) is 10.6. The standard InChI is InChI=1S/C12H13N3O4/c1-7-3-4-9-8(5-7)11(17)15(12(18)13-9)6-10(16)14-19-2/h3-5H,6H2,1-2H3,(H,13,18)(H,14,16). The van der Waals surface area contributed by atoms with Crippen LogP contribution in [0.15, 0.2) is 27.8 Å². The van der Waals surface area contributed by atoms with Gasteiger partial charge in [0.2, 0.25) is 0 Å². The Balaban J connectivity index is 2.59. The van der Waals surface area contributed by atoms with Gasteiger partial charge in [-0.3, -0.25) is 19.0 Å². The average Bonchev–Trinajstić information content (AvgIpc) is 2.36. The molecule has 0 spiro atoms. The number of aromatic amines is 1. The zero-order chi connectivity index (χ0) is 14.0. The molecular weight excluding hydrogens is 250 g/mol. The summed E-state index contributed by atoms with van der Waals surface area (Å²) in [7, 11) is 1.27. The first kappa shape index (κ1) is 13.0. The molecule has 7 nitrogen and oxygen atoms in total. The van der Waals surface area contributed by atoms with E-state index in [2.05, 4.69) is 15.3 Å². The average molecular weight is 263 g/mol. The first-order chi connectivity index (χ1) is 9.02. The van der Waals surface area contributed by atoms with Gasteiger partial charge in [0, 0.05) is 0 Å². The van der Waals surface area contributed by atoms with E-state index in [1.54, 1.807) is 18.2 Å². The van der Waals surface area contributed by atoms with Crippen LogP contribution in [0.5, 0.6) is 0 Å². The fraction of sp³-hybridized carbons (Fsp3) is 0.250. The second kappa shape index (κ2) is 5.07. The summed E-state index contributed by atoms with van der Waals surface area (Å²) in [4.78, 5) is 42.3. The minimum atomic E-state index is -0.632.